The molecule has 0 amide bonds. The Morgan fingerprint density at radius 3 is 2.82 bits per heavy atom. The molecule has 0 radical (unpaired) electrons. The van der Waals surface area contributed by atoms with E-state index in [1.54, 1.807) is 13.3 Å². The fourth-order valence-corrected chi connectivity index (χ4v) is 1.75. The SMILES string of the molecule is CCNc1ccnc(-c2ccccc2OC)c1. The van der Waals surface area contributed by atoms with Crippen LogP contribution in [-0.4, -0.2) is 18.6 Å². The second-order valence-corrected chi connectivity index (χ2v) is 3.66. The van der Waals surface area contributed by atoms with Crippen LogP contribution < -0.4 is 10.1 Å². The number of pyridine rings is 1. The molecule has 3 heteroatoms. The Balaban J connectivity index is 2.41. The summed E-state index contributed by atoms with van der Waals surface area (Å²) in [6.07, 6.45) is 1.81. The highest BCUT2D eigenvalue weighted by molar-refractivity contribution is 5.69. The van der Waals surface area contributed by atoms with Gasteiger partial charge in [-0.15, -0.1) is 0 Å². The number of ether oxygens (including phenoxy) is 1. The van der Waals surface area contributed by atoms with Crippen molar-refractivity contribution < 1.29 is 4.74 Å². The van der Waals surface area contributed by atoms with Crippen LogP contribution in [0, 0.1) is 0 Å². The van der Waals surface area contributed by atoms with Crippen molar-refractivity contribution in [3.05, 3.63) is 42.6 Å². The molecule has 1 N–H and O–H groups in total. The van der Waals surface area contributed by atoms with E-state index in [1.807, 2.05) is 36.4 Å². The molecule has 2 aromatic rings. The van der Waals surface area contributed by atoms with Crippen LogP contribution in [0.3, 0.4) is 0 Å². The van der Waals surface area contributed by atoms with Crippen LogP contribution in [0.1, 0.15) is 6.92 Å². The largest absolute Gasteiger partial charge is 0.496 e. The summed E-state index contributed by atoms with van der Waals surface area (Å²) >= 11 is 0. The van der Waals surface area contributed by atoms with Crippen molar-refractivity contribution in [2.24, 2.45) is 0 Å². The molecular weight excluding hydrogens is 212 g/mol. The first kappa shape index (κ1) is 11.5. The first-order chi connectivity index (χ1) is 8.35. The van der Waals surface area contributed by atoms with Crippen LogP contribution in [0.5, 0.6) is 5.75 Å². The molecule has 0 aliphatic carbocycles. The van der Waals surface area contributed by atoms with Gasteiger partial charge in [-0.05, 0) is 31.2 Å². The monoisotopic (exact) mass is 228 g/mol. The molecule has 1 heterocycles. The number of rotatable bonds is 4. The molecule has 1 aromatic carbocycles. The molecule has 0 bridgehead atoms. The lowest BCUT2D eigenvalue weighted by Crippen LogP contribution is -1.97. The summed E-state index contributed by atoms with van der Waals surface area (Å²) in [5.41, 5.74) is 3.00. The highest BCUT2D eigenvalue weighted by atomic mass is 16.5. The lowest BCUT2D eigenvalue weighted by Gasteiger charge is -2.09. The number of anilines is 1. The van der Waals surface area contributed by atoms with Gasteiger partial charge in [0.25, 0.3) is 0 Å². The van der Waals surface area contributed by atoms with Gasteiger partial charge in [0, 0.05) is 24.0 Å². The number of nitrogens with zero attached hydrogens (tertiary/aromatic N) is 1. The molecule has 0 fully saturated rings. The van der Waals surface area contributed by atoms with Crippen LogP contribution >= 0.6 is 0 Å². The lowest BCUT2D eigenvalue weighted by molar-refractivity contribution is 0.416. The molecule has 0 aliphatic rings. The van der Waals surface area contributed by atoms with E-state index >= 15 is 0 Å². The lowest BCUT2D eigenvalue weighted by atomic mass is 10.1. The van der Waals surface area contributed by atoms with Crippen molar-refractivity contribution in [3.8, 4) is 17.0 Å². The van der Waals surface area contributed by atoms with Gasteiger partial charge in [-0.1, -0.05) is 12.1 Å². The van der Waals surface area contributed by atoms with E-state index in [9.17, 15) is 0 Å². The van der Waals surface area contributed by atoms with Gasteiger partial charge in [0.05, 0.1) is 12.8 Å². The van der Waals surface area contributed by atoms with Crippen LogP contribution in [-0.2, 0) is 0 Å². The zero-order valence-electron chi connectivity index (χ0n) is 10.1. The average Bonchev–Trinajstić information content (AvgIpc) is 2.39. The number of aromatic nitrogens is 1. The Morgan fingerprint density at radius 2 is 2.06 bits per heavy atom. The smallest absolute Gasteiger partial charge is 0.128 e. The summed E-state index contributed by atoms with van der Waals surface area (Å²) in [6.45, 7) is 2.97. The molecule has 0 spiro atoms. The minimum atomic E-state index is 0.841. The zero-order valence-corrected chi connectivity index (χ0v) is 10.1. The minimum absolute atomic E-state index is 0.841. The topological polar surface area (TPSA) is 34.2 Å². The Morgan fingerprint density at radius 1 is 1.24 bits per heavy atom. The molecule has 17 heavy (non-hydrogen) atoms. The van der Waals surface area contributed by atoms with Crippen LogP contribution in [0.15, 0.2) is 42.6 Å². The summed E-state index contributed by atoms with van der Waals surface area (Å²) in [4.78, 5) is 4.38. The second-order valence-electron chi connectivity index (χ2n) is 3.66. The molecule has 0 unspecified atom stereocenters. The van der Waals surface area contributed by atoms with Crippen molar-refractivity contribution in [1.82, 2.24) is 4.98 Å². The maximum absolute atomic E-state index is 5.34. The fraction of sp³-hybridized carbons (Fsp3) is 0.214. The van der Waals surface area contributed by atoms with Gasteiger partial charge >= 0.3 is 0 Å². The molecule has 3 nitrogen and oxygen atoms in total. The number of para-hydroxylation sites is 1. The number of methoxy groups -OCH3 is 1. The molecular formula is C14H16N2O. The van der Waals surface area contributed by atoms with E-state index < -0.39 is 0 Å². The Kier molecular flexibility index (Phi) is 3.60. The standard InChI is InChI=1S/C14H16N2O/c1-3-15-11-8-9-16-13(10-11)12-6-4-5-7-14(12)17-2/h4-10H,3H2,1-2H3,(H,15,16). The van der Waals surface area contributed by atoms with Gasteiger partial charge in [0.2, 0.25) is 0 Å². The predicted molar refractivity (Wildman–Crippen MR) is 70.4 cm³/mol. The maximum atomic E-state index is 5.34. The third-order valence-electron chi connectivity index (χ3n) is 2.52. The van der Waals surface area contributed by atoms with Gasteiger partial charge in [-0.25, -0.2) is 0 Å². The number of hydrogen-bond donors (Lipinski definition) is 1. The molecule has 0 atom stereocenters. The minimum Gasteiger partial charge on any atom is -0.496 e. The summed E-state index contributed by atoms with van der Waals surface area (Å²) in [5.74, 6) is 0.841. The van der Waals surface area contributed by atoms with Gasteiger partial charge in [-0.3, -0.25) is 4.98 Å². The maximum Gasteiger partial charge on any atom is 0.128 e. The van der Waals surface area contributed by atoms with Crippen LogP contribution in [0.2, 0.25) is 0 Å². The molecule has 1 aromatic heterocycles. The van der Waals surface area contributed by atoms with Crippen molar-refractivity contribution >= 4 is 5.69 Å². The fourth-order valence-electron chi connectivity index (χ4n) is 1.75. The summed E-state index contributed by atoms with van der Waals surface area (Å²) in [6, 6.07) is 11.9. The summed E-state index contributed by atoms with van der Waals surface area (Å²) < 4.78 is 5.34. The van der Waals surface area contributed by atoms with Gasteiger partial charge in [0.1, 0.15) is 5.75 Å². The Labute approximate surface area is 101 Å². The number of hydrogen-bond acceptors (Lipinski definition) is 3. The highest BCUT2D eigenvalue weighted by Gasteiger charge is 2.06. The summed E-state index contributed by atoms with van der Waals surface area (Å²) in [5, 5.41) is 3.27. The molecule has 2 rings (SSSR count). The third kappa shape index (κ3) is 2.56. The van der Waals surface area contributed by atoms with E-state index in [-0.39, 0.29) is 0 Å². The van der Waals surface area contributed by atoms with Crippen molar-refractivity contribution in [1.29, 1.82) is 0 Å². The summed E-state index contributed by atoms with van der Waals surface area (Å²) in [7, 11) is 1.67. The average molecular weight is 228 g/mol. The van der Waals surface area contributed by atoms with Crippen LogP contribution in [0.4, 0.5) is 5.69 Å². The molecule has 0 saturated carbocycles. The number of benzene rings is 1. The van der Waals surface area contributed by atoms with Gasteiger partial charge in [-0.2, -0.15) is 0 Å². The third-order valence-corrected chi connectivity index (χ3v) is 2.52. The van der Waals surface area contributed by atoms with Crippen molar-refractivity contribution in [3.63, 3.8) is 0 Å². The van der Waals surface area contributed by atoms with E-state index in [4.69, 9.17) is 4.74 Å². The van der Waals surface area contributed by atoms with E-state index in [1.165, 1.54) is 0 Å². The highest BCUT2D eigenvalue weighted by Crippen LogP contribution is 2.29. The number of nitrogens with one attached hydrogen (secondary N) is 1. The van der Waals surface area contributed by atoms with Gasteiger partial charge < -0.3 is 10.1 Å². The predicted octanol–water partition coefficient (Wildman–Crippen LogP) is 3.19. The molecule has 0 saturated heterocycles. The second kappa shape index (κ2) is 5.34. The first-order valence-electron chi connectivity index (χ1n) is 5.68. The van der Waals surface area contributed by atoms with Crippen molar-refractivity contribution in [2.75, 3.05) is 19.0 Å². The Hall–Kier alpha value is -2.03. The quantitative estimate of drug-likeness (QED) is 0.872. The normalized spacial score (nSPS) is 10.0. The zero-order chi connectivity index (χ0) is 12.1. The van der Waals surface area contributed by atoms with E-state index in [0.717, 1.165) is 29.2 Å². The Bertz CT molecular complexity index is 497. The molecule has 88 valence electrons. The van der Waals surface area contributed by atoms with Crippen LogP contribution in [0.25, 0.3) is 11.3 Å². The molecule has 0 aliphatic heterocycles. The van der Waals surface area contributed by atoms with Gasteiger partial charge in [0.15, 0.2) is 0 Å². The first-order valence-corrected chi connectivity index (χ1v) is 5.68. The van der Waals surface area contributed by atoms with E-state index in [2.05, 4.69) is 17.2 Å². The van der Waals surface area contributed by atoms with E-state index in [0.29, 0.717) is 0 Å². The van der Waals surface area contributed by atoms with Crippen molar-refractivity contribution in [2.45, 2.75) is 6.92 Å².